The van der Waals surface area contributed by atoms with Crippen molar-refractivity contribution in [3.8, 4) is 0 Å². The fraction of sp³-hybridized carbons (Fsp3) is 0. The first-order valence-electron chi connectivity index (χ1n) is 9.97. The molecule has 0 aliphatic carbocycles. The molecule has 0 amide bonds. The Morgan fingerprint density at radius 2 is 1.35 bits per heavy atom. The zero-order chi connectivity index (χ0) is 25.1. The van der Waals surface area contributed by atoms with E-state index in [9.17, 15) is 25.9 Å². The Morgan fingerprint density at radius 1 is 0.730 bits per heavy atom. The summed E-state index contributed by atoms with van der Waals surface area (Å²) in [5.41, 5.74) is 4.29. The summed E-state index contributed by atoms with van der Waals surface area (Å²) in [5, 5.41) is 12.7. The van der Waals surface area contributed by atoms with Gasteiger partial charge in [0.1, 0.15) is 20.2 Å². The number of hydrogen-bond acceptors (Lipinski definition) is 9. The van der Waals surface area contributed by atoms with Gasteiger partial charge in [0.05, 0.1) is 21.2 Å². The summed E-state index contributed by atoms with van der Waals surface area (Å²) in [6.07, 6.45) is 0. The smallest absolute Gasteiger partial charge is 0.744 e. The summed E-state index contributed by atoms with van der Waals surface area (Å²) in [7, 11) is -10.1. The molecule has 0 spiro atoms. The monoisotopic (exact) mass is 554 g/mol. The van der Waals surface area contributed by atoms with Gasteiger partial charge in [-0.05, 0) is 41.8 Å². The maximum Gasteiger partial charge on any atom is 1.00 e. The molecule has 37 heavy (non-hydrogen) atoms. The Kier molecular flexibility index (Phi) is 11.1. The maximum absolute atomic E-state index is 11.8. The predicted octanol–water partition coefficient (Wildman–Crippen LogP) is -1.79. The molecule has 4 aromatic carbocycles. The van der Waals surface area contributed by atoms with E-state index in [1.54, 1.807) is 36.4 Å². The Hall–Kier alpha value is -1.97. The van der Waals surface area contributed by atoms with Gasteiger partial charge < -0.3 is 9.11 Å². The third kappa shape index (κ3) is 8.26. The molecule has 1 N–H and O–H groups in total. The molecule has 178 valence electrons. The first-order chi connectivity index (χ1) is 16.6. The van der Waals surface area contributed by atoms with Crippen LogP contribution >= 0.6 is 0 Å². The van der Waals surface area contributed by atoms with Crippen LogP contribution in [0.15, 0.2) is 116 Å². The van der Waals surface area contributed by atoms with Crippen LogP contribution < -0.4 is 64.5 Å². The number of anilines is 1. The van der Waals surface area contributed by atoms with Crippen molar-refractivity contribution >= 4 is 48.2 Å². The number of fused-ring (bicyclic) bond motifs is 1. The topological polar surface area (TPSA) is 164 Å². The van der Waals surface area contributed by atoms with Crippen molar-refractivity contribution in [2.45, 2.75) is 9.79 Å². The van der Waals surface area contributed by atoms with Gasteiger partial charge in [-0.25, -0.2) is 16.8 Å². The van der Waals surface area contributed by atoms with Gasteiger partial charge in [-0.1, -0.05) is 54.6 Å². The number of benzene rings is 4. The number of amidine groups is 1. The summed E-state index contributed by atoms with van der Waals surface area (Å²) in [4.78, 5) is -1.64. The van der Waals surface area contributed by atoms with E-state index in [1.807, 2.05) is 24.3 Å². The second-order valence-corrected chi connectivity index (χ2v) is 9.94. The Bertz CT molecular complexity index is 1670. The van der Waals surface area contributed by atoms with Crippen molar-refractivity contribution in [1.82, 2.24) is 0 Å². The van der Waals surface area contributed by atoms with E-state index in [-0.39, 0.29) is 81.4 Å². The molecule has 0 aromatic heterocycles. The average molecular weight is 555 g/mol. The Labute approximate surface area is 258 Å². The van der Waals surface area contributed by atoms with Gasteiger partial charge in [-0.2, -0.15) is 5.10 Å². The van der Waals surface area contributed by atoms with Crippen LogP contribution in [0.25, 0.3) is 10.8 Å². The standard InChI is InChI=1S/C23H18N4O6S2.2Na/c28-34(29,30)20-13-17-11-12-19(14-21(17)22(15-20)35(31,32)33)25-27-23(16-7-3-1-4-8-16)26-24-18-9-5-2-6-10-18;;/h1-15,25H,(H,28,29,30)(H,31,32,33);;/q;2*+1/p-2. The fourth-order valence-corrected chi connectivity index (χ4v) is 4.49. The molecule has 14 heteroatoms. The average Bonchev–Trinajstić information content (AvgIpc) is 2.83. The SMILES string of the molecule is O=S(=O)([O-])c1cc(S(=O)(=O)[O-])c2cc(NN=C(N=Nc3ccccc3)c3ccccc3)ccc2c1.[Na+].[Na+]. The summed E-state index contributed by atoms with van der Waals surface area (Å²) >= 11 is 0. The largest absolute Gasteiger partial charge is 1.00 e. The predicted molar refractivity (Wildman–Crippen MR) is 127 cm³/mol. The van der Waals surface area contributed by atoms with Crippen molar-refractivity contribution in [2.75, 3.05) is 5.43 Å². The number of hydrazone groups is 1. The van der Waals surface area contributed by atoms with Gasteiger partial charge in [0.15, 0.2) is 0 Å². The maximum atomic E-state index is 11.8. The first-order valence-corrected chi connectivity index (χ1v) is 12.8. The molecule has 0 saturated carbocycles. The number of rotatable bonds is 6. The van der Waals surface area contributed by atoms with Crippen molar-refractivity contribution < 1.29 is 85.1 Å². The second kappa shape index (κ2) is 13.2. The van der Waals surface area contributed by atoms with Crippen molar-refractivity contribution in [3.63, 3.8) is 0 Å². The van der Waals surface area contributed by atoms with Crippen LogP contribution in [0.1, 0.15) is 5.56 Å². The van der Waals surface area contributed by atoms with Gasteiger partial charge in [-0.15, -0.1) is 10.2 Å². The van der Waals surface area contributed by atoms with Crippen LogP contribution in [0.5, 0.6) is 0 Å². The summed E-state index contributed by atoms with van der Waals surface area (Å²) in [6, 6.07) is 23.7. The van der Waals surface area contributed by atoms with Gasteiger partial charge >= 0.3 is 59.1 Å². The third-order valence-corrected chi connectivity index (χ3v) is 6.48. The number of hydrogen-bond donors (Lipinski definition) is 1. The molecule has 0 aliphatic rings. The van der Waals surface area contributed by atoms with E-state index < -0.39 is 30.0 Å². The fourth-order valence-electron chi connectivity index (χ4n) is 3.17. The quantitative estimate of drug-likeness (QED) is 0.0735. The molecule has 4 rings (SSSR count). The van der Waals surface area contributed by atoms with Gasteiger partial charge in [-0.3, -0.25) is 5.43 Å². The second-order valence-electron chi connectivity index (χ2n) is 7.21. The number of nitrogens with zero attached hydrogens (tertiary/aromatic N) is 3. The molecule has 0 radical (unpaired) electrons. The van der Waals surface area contributed by atoms with E-state index in [1.165, 1.54) is 18.2 Å². The minimum Gasteiger partial charge on any atom is -0.744 e. The molecular weight excluding hydrogens is 538 g/mol. The first kappa shape index (κ1) is 31.2. The minimum absolute atomic E-state index is 0. The Balaban J connectivity index is 0.00000241. The summed E-state index contributed by atoms with van der Waals surface area (Å²) in [6.45, 7) is 0. The molecule has 4 aromatic rings. The van der Waals surface area contributed by atoms with E-state index in [0.29, 0.717) is 17.3 Å². The van der Waals surface area contributed by atoms with Gasteiger partial charge in [0.25, 0.3) is 0 Å². The third-order valence-electron chi connectivity index (χ3n) is 4.79. The summed E-state index contributed by atoms with van der Waals surface area (Å²) < 4.78 is 69.5. The zero-order valence-electron chi connectivity index (χ0n) is 19.8. The van der Waals surface area contributed by atoms with Crippen LogP contribution in [0, 0.1) is 0 Å². The van der Waals surface area contributed by atoms with Crippen LogP contribution in [-0.2, 0) is 20.2 Å². The van der Waals surface area contributed by atoms with E-state index in [0.717, 1.165) is 6.07 Å². The van der Waals surface area contributed by atoms with Crippen LogP contribution in [0.4, 0.5) is 11.4 Å². The minimum atomic E-state index is -5.09. The van der Waals surface area contributed by atoms with E-state index in [4.69, 9.17) is 0 Å². The molecule has 0 bridgehead atoms. The number of nitrogens with one attached hydrogen (secondary N) is 1. The van der Waals surface area contributed by atoms with Crippen molar-refractivity contribution in [3.05, 3.63) is 96.6 Å². The van der Waals surface area contributed by atoms with Gasteiger partial charge in [0, 0.05) is 10.9 Å². The number of azo groups is 1. The summed E-state index contributed by atoms with van der Waals surface area (Å²) in [5.74, 6) is 0.221. The molecule has 0 atom stereocenters. The normalized spacial score (nSPS) is 12.1. The van der Waals surface area contributed by atoms with Crippen molar-refractivity contribution in [1.29, 1.82) is 0 Å². The molecular formula is C23H16N4Na2O6S2. The van der Waals surface area contributed by atoms with Crippen molar-refractivity contribution in [2.24, 2.45) is 15.3 Å². The van der Waals surface area contributed by atoms with Crippen LogP contribution in [0.3, 0.4) is 0 Å². The van der Waals surface area contributed by atoms with E-state index in [2.05, 4.69) is 20.8 Å². The van der Waals surface area contributed by atoms with Gasteiger partial charge in [0.2, 0.25) is 5.84 Å². The Morgan fingerprint density at radius 3 is 1.95 bits per heavy atom. The molecule has 10 nitrogen and oxygen atoms in total. The van der Waals surface area contributed by atoms with E-state index >= 15 is 0 Å². The van der Waals surface area contributed by atoms with Crippen LogP contribution in [-0.4, -0.2) is 31.8 Å². The molecule has 0 unspecified atom stereocenters. The zero-order valence-corrected chi connectivity index (χ0v) is 25.4. The molecule has 0 heterocycles. The molecule has 0 aliphatic heterocycles. The molecule has 0 fully saturated rings. The van der Waals surface area contributed by atoms with Crippen LogP contribution in [0.2, 0.25) is 0 Å². The molecule has 0 saturated heterocycles.